The van der Waals surface area contributed by atoms with E-state index < -0.39 is 7.82 Å². The molecule has 0 aromatic heterocycles. The molecule has 3 unspecified atom stereocenters. The number of quaternary nitrogens is 1. The maximum Gasteiger partial charge on any atom is 0.268 e. The molecule has 0 aromatic carbocycles. The summed E-state index contributed by atoms with van der Waals surface area (Å²) in [5.74, 6) is 4.90. The Morgan fingerprint density at radius 3 is 2.47 bits per heavy atom. The fourth-order valence-corrected chi connectivity index (χ4v) is 10.3. The largest absolute Gasteiger partial charge is 0.756 e. The van der Waals surface area contributed by atoms with E-state index in [-0.39, 0.29) is 18.1 Å². The Hall–Kier alpha value is -0.190. The van der Waals surface area contributed by atoms with Gasteiger partial charge in [-0.05, 0) is 97.7 Å². The van der Waals surface area contributed by atoms with Crippen molar-refractivity contribution in [2.24, 2.45) is 46.3 Å². The number of rotatable bonds is 11. The Labute approximate surface area is 234 Å². The van der Waals surface area contributed by atoms with E-state index in [0.29, 0.717) is 16.4 Å². The van der Waals surface area contributed by atoms with Crippen LogP contribution in [0.5, 0.6) is 0 Å². The van der Waals surface area contributed by atoms with E-state index in [4.69, 9.17) is 9.05 Å². The lowest BCUT2D eigenvalue weighted by Gasteiger charge is -2.58. The first kappa shape index (κ1) is 30.8. The third kappa shape index (κ3) is 6.64. The van der Waals surface area contributed by atoms with E-state index in [2.05, 4.69) is 40.7 Å². The van der Waals surface area contributed by atoms with Crippen molar-refractivity contribution in [3.8, 4) is 0 Å². The molecule has 4 aliphatic carbocycles. The summed E-state index contributed by atoms with van der Waals surface area (Å²) in [5.41, 5.74) is 2.16. The summed E-state index contributed by atoms with van der Waals surface area (Å²) >= 11 is 0. The quantitative estimate of drug-likeness (QED) is 0.151. The molecular formula is C32H58NO4P. The Bertz CT molecular complexity index is 896. The van der Waals surface area contributed by atoms with Crippen LogP contribution >= 0.6 is 7.82 Å². The molecule has 6 heteroatoms. The van der Waals surface area contributed by atoms with Gasteiger partial charge in [0.25, 0.3) is 7.82 Å². The maximum atomic E-state index is 12.6. The molecular weight excluding hydrogens is 493 g/mol. The van der Waals surface area contributed by atoms with Crippen LogP contribution in [0.25, 0.3) is 0 Å². The molecule has 0 N–H and O–H groups in total. The standard InChI is InChI=1S/C32H58NO4P/c1-23(2)10-9-11-24(3)28-14-15-29-27-13-12-25-22-26(37-38(34,35)36-21-20-33(6,7)8)16-18-31(25,4)30(27)17-19-32(28,29)5/h12,23-24,26-30H,9-11,13-22H2,1-8H3/t24?,26-,27?,28+,29-,30-,31-,32+/m0/s1. The van der Waals surface area contributed by atoms with Gasteiger partial charge in [-0.2, -0.15) is 0 Å². The third-order valence-electron chi connectivity index (χ3n) is 11.5. The van der Waals surface area contributed by atoms with Crippen molar-refractivity contribution in [1.29, 1.82) is 0 Å². The number of hydrogen-bond acceptors (Lipinski definition) is 4. The van der Waals surface area contributed by atoms with Crippen LogP contribution < -0.4 is 4.89 Å². The lowest BCUT2D eigenvalue weighted by atomic mass is 9.47. The molecule has 38 heavy (non-hydrogen) atoms. The average molecular weight is 552 g/mol. The number of nitrogens with zero attached hydrogens (tertiary/aromatic N) is 1. The second-order valence-electron chi connectivity index (χ2n) is 15.6. The number of phosphoric ester groups is 1. The molecule has 3 saturated carbocycles. The molecule has 0 spiro atoms. The summed E-state index contributed by atoms with van der Waals surface area (Å²) in [6, 6.07) is 0. The summed E-state index contributed by atoms with van der Waals surface area (Å²) in [4.78, 5) is 12.6. The van der Waals surface area contributed by atoms with Gasteiger partial charge in [-0.3, -0.25) is 4.57 Å². The number of fused-ring (bicyclic) bond motifs is 5. The number of likely N-dealkylation sites (N-methyl/N-ethyl adjacent to an activating group) is 1. The van der Waals surface area contributed by atoms with Crippen LogP contribution in [-0.2, 0) is 13.6 Å². The lowest BCUT2D eigenvalue weighted by Crippen LogP contribution is -2.51. The summed E-state index contributed by atoms with van der Waals surface area (Å²) in [7, 11) is 1.79. The van der Waals surface area contributed by atoms with Gasteiger partial charge in [-0.25, -0.2) is 0 Å². The van der Waals surface area contributed by atoms with Gasteiger partial charge in [-0.15, -0.1) is 0 Å². The minimum Gasteiger partial charge on any atom is -0.756 e. The van der Waals surface area contributed by atoms with E-state index in [9.17, 15) is 9.46 Å². The van der Waals surface area contributed by atoms with Crippen molar-refractivity contribution in [2.75, 3.05) is 34.3 Å². The normalized spacial score (nSPS) is 39.6. The molecule has 3 fully saturated rings. The molecule has 0 amide bonds. The zero-order valence-corrected chi connectivity index (χ0v) is 26.7. The molecule has 0 heterocycles. The highest BCUT2D eigenvalue weighted by Crippen LogP contribution is 2.67. The van der Waals surface area contributed by atoms with Gasteiger partial charge >= 0.3 is 0 Å². The highest BCUT2D eigenvalue weighted by atomic mass is 31.2. The first-order valence-electron chi connectivity index (χ1n) is 15.8. The van der Waals surface area contributed by atoms with Crippen LogP contribution in [0.1, 0.15) is 105 Å². The monoisotopic (exact) mass is 551 g/mol. The van der Waals surface area contributed by atoms with Gasteiger partial charge in [0.15, 0.2) is 0 Å². The van der Waals surface area contributed by atoms with Crippen LogP contribution in [-0.4, -0.2) is 44.9 Å². The number of phosphoric acid groups is 1. The Morgan fingerprint density at radius 2 is 1.79 bits per heavy atom. The summed E-state index contributed by atoms with van der Waals surface area (Å²) < 4.78 is 24.1. The van der Waals surface area contributed by atoms with Crippen LogP contribution in [0.3, 0.4) is 0 Å². The molecule has 4 aliphatic rings. The van der Waals surface area contributed by atoms with Gasteiger partial charge in [0, 0.05) is 0 Å². The van der Waals surface area contributed by atoms with Gasteiger partial charge in [0.1, 0.15) is 13.2 Å². The average Bonchev–Trinajstić information content (AvgIpc) is 3.15. The minimum absolute atomic E-state index is 0.165. The van der Waals surface area contributed by atoms with Gasteiger partial charge in [0.2, 0.25) is 0 Å². The fourth-order valence-electron chi connectivity index (χ4n) is 9.38. The van der Waals surface area contributed by atoms with Crippen LogP contribution in [0.2, 0.25) is 0 Å². The predicted octanol–water partition coefficient (Wildman–Crippen LogP) is 7.60. The summed E-state index contributed by atoms with van der Waals surface area (Å²) in [5, 5.41) is 0. The van der Waals surface area contributed by atoms with E-state index in [1.807, 2.05) is 21.1 Å². The number of allylic oxidation sites excluding steroid dienone is 1. The Balaban J connectivity index is 1.38. The predicted molar refractivity (Wildman–Crippen MR) is 154 cm³/mol. The van der Waals surface area contributed by atoms with Gasteiger partial charge in [0.05, 0.1) is 27.2 Å². The van der Waals surface area contributed by atoms with Crippen molar-refractivity contribution in [3.05, 3.63) is 11.6 Å². The van der Waals surface area contributed by atoms with Gasteiger partial charge < -0.3 is 18.4 Å². The molecule has 5 nitrogen and oxygen atoms in total. The smallest absolute Gasteiger partial charge is 0.268 e. The molecule has 0 aromatic rings. The van der Waals surface area contributed by atoms with Crippen molar-refractivity contribution in [1.82, 2.24) is 0 Å². The summed E-state index contributed by atoms with van der Waals surface area (Å²) in [6.07, 6.45) is 15.6. The zero-order valence-electron chi connectivity index (χ0n) is 25.8. The lowest BCUT2D eigenvalue weighted by molar-refractivity contribution is -0.870. The summed E-state index contributed by atoms with van der Waals surface area (Å²) in [6.45, 7) is 13.2. The first-order chi connectivity index (χ1) is 17.6. The van der Waals surface area contributed by atoms with E-state index in [1.165, 1.54) is 56.9 Å². The molecule has 220 valence electrons. The Morgan fingerprint density at radius 1 is 1.05 bits per heavy atom. The van der Waals surface area contributed by atoms with Crippen LogP contribution in [0.4, 0.5) is 0 Å². The zero-order chi connectivity index (χ0) is 27.9. The van der Waals surface area contributed by atoms with Crippen LogP contribution in [0.15, 0.2) is 11.6 Å². The molecule has 0 aliphatic heterocycles. The highest BCUT2D eigenvalue weighted by Gasteiger charge is 2.59. The highest BCUT2D eigenvalue weighted by molar-refractivity contribution is 7.45. The molecule has 9 atom stereocenters. The second kappa shape index (κ2) is 11.6. The maximum absolute atomic E-state index is 12.6. The van der Waals surface area contributed by atoms with Crippen molar-refractivity contribution in [3.63, 3.8) is 0 Å². The first-order valence-corrected chi connectivity index (χ1v) is 17.2. The SMILES string of the molecule is CC(C)CCCC(C)[C@H]1CC[C@H]2C3CC=C4C[C@@H](OP(=O)([O-])OCC[N+](C)(C)C)CC[C@]4(C)[C@H]3CC[C@]12C. The van der Waals surface area contributed by atoms with E-state index in [1.54, 1.807) is 0 Å². The Kier molecular flexibility index (Phi) is 9.38. The topological polar surface area (TPSA) is 58.6 Å². The van der Waals surface area contributed by atoms with Gasteiger partial charge in [-0.1, -0.05) is 65.5 Å². The second-order valence-corrected chi connectivity index (χ2v) is 16.9. The number of hydrogen-bond donors (Lipinski definition) is 0. The van der Waals surface area contributed by atoms with Crippen LogP contribution in [0, 0.1) is 46.3 Å². The van der Waals surface area contributed by atoms with E-state index in [0.717, 1.165) is 54.8 Å². The van der Waals surface area contributed by atoms with Crippen molar-refractivity contribution >= 4 is 7.82 Å². The third-order valence-corrected chi connectivity index (χ3v) is 12.6. The molecule has 0 bridgehead atoms. The minimum atomic E-state index is -4.29. The van der Waals surface area contributed by atoms with Crippen molar-refractivity contribution < 1.29 is 23.0 Å². The van der Waals surface area contributed by atoms with E-state index >= 15 is 0 Å². The molecule has 0 saturated heterocycles. The van der Waals surface area contributed by atoms with Crippen molar-refractivity contribution in [2.45, 2.75) is 111 Å². The fraction of sp³-hybridized carbons (Fsp3) is 0.938. The molecule has 0 radical (unpaired) electrons. The molecule has 4 rings (SSSR count).